The van der Waals surface area contributed by atoms with Crippen LogP contribution in [-0.4, -0.2) is 6.61 Å². The van der Waals surface area contributed by atoms with Gasteiger partial charge in [-0.2, -0.15) is 5.26 Å². The molecule has 0 saturated carbocycles. The number of nitriles is 1. The molecule has 0 fully saturated rings. The number of benzene rings is 1. The second-order valence-corrected chi connectivity index (χ2v) is 4.45. The minimum absolute atomic E-state index is 0.0124. The quantitative estimate of drug-likeness (QED) is 0.831. The third-order valence-electron chi connectivity index (χ3n) is 2.45. The van der Waals surface area contributed by atoms with Gasteiger partial charge >= 0.3 is 0 Å². The molecule has 2 rings (SSSR count). The van der Waals surface area contributed by atoms with Crippen molar-refractivity contribution in [2.24, 2.45) is 5.92 Å². The van der Waals surface area contributed by atoms with Gasteiger partial charge in [0.25, 0.3) is 0 Å². The number of rotatable bonds is 3. The molecule has 0 radical (unpaired) electrons. The molecular weight excluding hydrogens is 230 g/mol. The highest BCUT2D eigenvalue weighted by atomic mass is 16.5. The average molecular weight is 243 g/mol. The van der Waals surface area contributed by atoms with Gasteiger partial charge in [0.05, 0.1) is 12.0 Å². The van der Waals surface area contributed by atoms with Gasteiger partial charge in [-0.25, -0.2) is 0 Å². The fraction of sp³-hybridized carbons (Fsp3) is 0.286. The number of ether oxygens (including phenoxy) is 1. The molecule has 4 heteroatoms. The molecule has 1 aromatic carbocycles. The topological polar surface area (TPSA) is 63.2 Å². The lowest BCUT2D eigenvalue weighted by Gasteiger charge is -2.08. The maximum absolute atomic E-state index is 11.8. The molecule has 92 valence electrons. The zero-order valence-corrected chi connectivity index (χ0v) is 10.3. The van der Waals surface area contributed by atoms with Crippen molar-refractivity contribution < 1.29 is 9.15 Å². The van der Waals surface area contributed by atoms with Gasteiger partial charge in [0.15, 0.2) is 0 Å². The van der Waals surface area contributed by atoms with Crippen LogP contribution in [0.1, 0.15) is 19.4 Å². The predicted octanol–water partition coefficient (Wildman–Crippen LogP) is 2.70. The van der Waals surface area contributed by atoms with Gasteiger partial charge < -0.3 is 9.15 Å². The first-order chi connectivity index (χ1) is 8.61. The fourth-order valence-electron chi connectivity index (χ4n) is 1.54. The highest BCUT2D eigenvalue weighted by molar-refractivity contribution is 5.78. The Kier molecular flexibility index (Phi) is 3.33. The van der Waals surface area contributed by atoms with Crippen LogP contribution in [0.3, 0.4) is 0 Å². The lowest BCUT2D eigenvalue weighted by Crippen LogP contribution is -2.07. The minimum atomic E-state index is -0.311. The van der Waals surface area contributed by atoms with Crippen molar-refractivity contribution in [2.75, 3.05) is 6.61 Å². The van der Waals surface area contributed by atoms with E-state index in [4.69, 9.17) is 14.4 Å². The summed E-state index contributed by atoms with van der Waals surface area (Å²) >= 11 is 0. The number of hydrogen-bond donors (Lipinski definition) is 0. The van der Waals surface area contributed by atoms with E-state index in [2.05, 4.69) is 13.8 Å². The van der Waals surface area contributed by atoms with Crippen LogP contribution in [0, 0.1) is 17.2 Å². The molecule has 2 aromatic rings. The normalized spacial score (nSPS) is 10.6. The first-order valence-electron chi connectivity index (χ1n) is 5.70. The number of nitrogens with zero attached hydrogens (tertiary/aromatic N) is 1. The van der Waals surface area contributed by atoms with E-state index in [1.54, 1.807) is 24.3 Å². The molecule has 0 saturated heterocycles. The number of hydrogen-bond acceptors (Lipinski definition) is 4. The molecule has 18 heavy (non-hydrogen) atoms. The predicted molar refractivity (Wildman–Crippen MR) is 67.5 cm³/mol. The van der Waals surface area contributed by atoms with Crippen LogP contribution in [-0.2, 0) is 0 Å². The largest absolute Gasteiger partial charge is 0.493 e. The summed E-state index contributed by atoms with van der Waals surface area (Å²) < 4.78 is 10.8. The third kappa shape index (κ3) is 2.35. The van der Waals surface area contributed by atoms with Crippen LogP contribution in [0.25, 0.3) is 11.0 Å². The van der Waals surface area contributed by atoms with Gasteiger partial charge in [-0.1, -0.05) is 13.8 Å². The van der Waals surface area contributed by atoms with Crippen LogP contribution >= 0.6 is 0 Å². The zero-order valence-electron chi connectivity index (χ0n) is 10.3. The van der Waals surface area contributed by atoms with Gasteiger partial charge in [-0.05, 0) is 18.1 Å². The summed E-state index contributed by atoms with van der Waals surface area (Å²) in [5.41, 5.74) is 0.132. The molecule has 0 bridgehead atoms. The van der Waals surface area contributed by atoms with E-state index < -0.39 is 0 Å². The van der Waals surface area contributed by atoms with E-state index in [1.165, 1.54) is 6.26 Å². The van der Waals surface area contributed by atoms with E-state index in [-0.39, 0.29) is 11.0 Å². The highest BCUT2D eigenvalue weighted by Gasteiger charge is 2.07. The molecule has 4 nitrogen and oxygen atoms in total. The fourth-order valence-corrected chi connectivity index (χ4v) is 1.54. The van der Waals surface area contributed by atoms with Crippen molar-refractivity contribution in [1.29, 1.82) is 5.26 Å². The molecule has 1 aromatic heterocycles. The molecular formula is C14H13NO3. The smallest absolute Gasteiger partial charge is 0.210 e. The second-order valence-electron chi connectivity index (χ2n) is 4.45. The van der Waals surface area contributed by atoms with Gasteiger partial charge in [-0.3, -0.25) is 4.79 Å². The molecule has 0 N–H and O–H groups in total. The van der Waals surface area contributed by atoms with Crippen molar-refractivity contribution in [1.82, 2.24) is 0 Å². The van der Waals surface area contributed by atoms with Gasteiger partial charge in [0.1, 0.15) is 29.2 Å². The molecule has 0 amide bonds. The van der Waals surface area contributed by atoms with Gasteiger partial charge in [0, 0.05) is 6.07 Å². The van der Waals surface area contributed by atoms with Crippen molar-refractivity contribution >= 4 is 11.0 Å². The van der Waals surface area contributed by atoms with Gasteiger partial charge in [0.2, 0.25) is 5.43 Å². The Morgan fingerprint density at radius 1 is 1.44 bits per heavy atom. The summed E-state index contributed by atoms with van der Waals surface area (Å²) in [6.07, 6.45) is 1.18. The molecule has 0 spiro atoms. The van der Waals surface area contributed by atoms with E-state index in [9.17, 15) is 4.79 Å². The highest BCUT2D eigenvalue weighted by Crippen LogP contribution is 2.19. The third-order valence-corrected chi connectivity index (χ3v) is 2.45. The standard InChI is InChI=1S/C14H13NO3/c1-9(2)7-17-11-3-4-12-13(5-11)18-8-10(6-15)14(12)16/h3-5,8-9H,7H2,1-2H3. The van der Waals surface area contributed by atoms with Crippen LogP contribution < -0.4 is 10.2 Å². The van der Waals surface area contributed by atoms with Crippen LogP contribution in [0.2, 0.25) is 0 Å². The summed E-state index contributed by atoms with van der Waals surface area (Å²) in [7, 11) is 0. The average Bonchev–Trinajstić information content (AvgIpc) is 2.37. The number of fused-ring (bicyclic) bond motifs is 1. The Morgan fingerprint density at radius 3 is 2.89 bits per heavy atom. The molecule has 0 atom stereocenters. The van der Waals surface area contributed by atoms with Crippen molar-refractivity contribution in [3.05, 3.63) is 40.2 Å². The lowest BCUT2D eigenvalue weighted by atomic mass is 10.2. The van der Waals surface area contributed by atoms with Gasteiger partial charge in [-0.15, -0.1) is 0 Å². The lowest BCUT2D eigenvalue weighted by molar-refractivity contribution is 0.271. The Morgan fingerprint density at radius 2 is 2.22 bits per heavy atom. The Labute approximate surface area is 104 Å². The van der Waals surface area contributed by atoms with Crippen molar-refractivity contribution in [3.63, 3.8) is 0 Å². The molecule has 0 aliphatic heterocycles. The van der Waals surface area contributed by atoms with E-state index >= 15 is 0 Å². The van der Waals surface area contributed by atoms with Crippen LogP contribution in [0.4, 0.5) is 0 Å². The van der Waals surface area contributed by atoms with Crippen LogP contribution in [0.15, 0.2) is 33.7 Å². The minimum Gasteiger partial charge on any atom is -0.493 e. The summed E-state index contributed by atoms with van der Waals surface area (Å²) in [6.45, 7) is 4.72. The maximum atomic E-state index is 11.8. The summed E-state index contributed by atoms with van der Waals surface area (Å²) in [4.78, 5) is 11.8. The Bertz CT molecular complexity index is 665. The Balaban J connectivity index is 2.42. The molecule has 0 unspecified atom stereocenters. The van der Waals surface area contributed by atoms with E-state index in [0.717, 1.165) is 0 Å². The molecule has 0 aliphatic rings. The first kappa shape index (κ1) is 12.2. The van der Waals surface area contributed by atoms with Crippen molar-refractivity contribution in [2.45, 2.75) is 13.8 Å². The summed E-state index contributed by atoms with van der Waals surface area (Å²) in [5, 5.41) is 9.14. The maximum Gasteiger partial charge on any atom is 0.210 e. The first-order valence-corrected chi connectivity index (χ1v) is 5.70. The monoisotopic (exact) mass is 243 g/mol. The SMILES string of the molecule is CC(C)COc1ccc2c(=O)c(C#N)coc2c1. The van der Waals surface area contributed by atoms with Crippen LogP contribution in [0.5, 0.6) is 5.75 Å². The zero-order chi connectivity index (χ0) is 13.1. The summed E-state index contributed by atoms with van der Waals surface area (Å²) in [6, 6.07) is 6.81. The van der Waals surface area contributed by atoms with Crippen molar-refractivity contribution in [3.8, 4) is 11.8 Å². The van der Waals surface area contributed by atoms with E-state index in [0.29, 0.717) is 29.2 Å². The Hall–Kier alpha value is -2.28. The molecule has 1 heterocycles. The second kappa shape index (κ2) is 4.92. The molecule has 0 aliphatic carbocycles. The summed E-state index contributed by atoms with van der Waals surface area (Å²) in [5.74, 6) is 1.08. The van der Waals surface area contributed by atoms with E-state index in [1.807, 2.05) is 0 Å².